The summed E-state index contributed by atoms with van der Waals surface area (Å²) < 4.78 is 12.8. The zero-order valence-electron chi connectivity index (χ0n) is 34.7. The van der Waals surface area contributed by atoms with Gasteiger partial charge in [0.25, 0.3) is 0 Å². The fraction of sp³-hybridized carbons (Fsp3) is 0.255. The maximum atomic E-state index is 16.4. The number of morpholine rings is 1. The molecular weight excluding hydrogens is 797 g/mol. The Labute approximate surface area is 366 Å². The van der Waals surface area contributed by atoms with Gasteiger partial charge < -0.3 is 30.3 Å². The molecule has 0 aliphatic carbocycles. The van der Waals surface area contributed by atoms with Gasteiger partial charge in [0.2, 0.25) is 11.8 Å². The maximum Gasteiger partial charge on any atom is 0.329 e. The van der Waals surface area contributed by atoms with E-state index in [1.165, 1.54) is 6.08 Å². The van der Waals surface area contributed by atoms with Crippen molar-refractivity contribution in [3.8, 4) is 17.6 Å². The van der Waals surface area contributed by atoms with Gasteiger partial charge in [0.05, 0.1) is 42.9 Å². The van der Waals surface area contributed by atoms with Crippen molar-refractivity contribution >= 4 is 29.5 Å². The van der Waals surface area contributed by atoms with Crippen molar-refractivity contribution < 1.29 is 38.9 Å². The molecule has 2 fully saturated rings. The number of imide groups is 1. The smallest absolute Gasteiger partial charge is 0.329 e. The number of benzene rings is 5. The fourth-order valence-corrected chi connectivity index (χ4v) is 9.53. The van der Waals surface area contributed by atoms with Gasteiger partial charge in [-0.2, -0.15) is 0 Å². The van der Waals surface area contributed by atoms with Crippen LogP contribution in [0.1, 0.15) is 71.0 Å². The lowest BCUT2D eigenvalue weighted by atomic mass is 9.65. The van der Waals surface area contributed by atoms with Crippen molar-refractivity contribution in [1.29, 1.82) is 0 Å². The molecule has 0 aromatic heterocycles. The predicted octanol–water partition coefficient (Wildman–Crippen LogP) is 6.23. The molecule has 7 atom stereocenters. The number of esters is 1. The number of aliphatic hydroxyl groups excluding tert-OH is 2. The third-order valence-electron chi connectivity index (χ3n) is 12.0. The molecule has 3 heterocycles. The average molecular weight is 845 g/mol. The highest BCUT2D eigenvalue weighted by atomic mass is 16.6. The number of amides is 4. The first-order valence-electron chi connectivity index (χ1n) is 21.0. The lowest BCUT2D eigenvalue weighted by Crippen LogP contribution is -2.56. The third kappa shape index (κ3) is 7.65. The Balaban J connectivity index is 1.46. The quantitative estimate of drug-likeness (QED) is 0.0650. The molecule has 8 rings (SSSR count). The van der Waals surface area contributed by atoms with Crippen LogP contribution in [0.25, 0.3) is 0 Å². The molecule has 3 aliphatic heterocycles. The molecule has 0 radical (unpaired) electrons. The Kier molecular flexibility index (Phi) is 12.5. The normalized spacial score (nSPS) is 22.8. The number of para-hydroxylation sites is 1. The van der Waals surface area contributed by atoms with Gasteiger partial charge in [-0.1, -0.05) is 127 Å². The molecule has 3 aliphatic rings. The van der Waals surface area contributed by atoms with E-state index in [2.05, 4.69) is 29.1 Å². The number of carbonyl (C=O) groups excluding carboxylic acids is 4. The van der Waals surface area contributed by atoms with E-state index in [-0.39, 0.29) is 44.0 Å². The Bertz CT molecular complexity index is 2560. The molecular formula is C51H48N4O8. The van der Waals surface area contributed by atoms with Crippen LogP contribution in [0.4, 0.5) is 10.5 Å². The number of anilines is 1. The molecule has 7 unspecified atom stereocenters. The number of aliphatic hydroxyl groups is 2. The van der Waals surface area contributed by atoms with Crippen LogP contribution in [0.2, 0.25) is 0 Å². The highest BCUT2D eigenvalue weighted by Gasteiger charge is 2.76. The summed E-state index contributed by atoms with van der Waals surface area (Å²) in [6, 6.07) is 35.5. The molecule has 12 heteroatoms. The number of carbonyl (C=O) groups is 4. The van der Waals surface area contributed by atoms with E-state index in [0.717, 1.165) is 16.0 Å². The standard InChI is InChI=1S/C51H48N4O8/c1-3-28-52-47(58)42-44-48(59)63-45(37-22-11-6-12-23-37)43(36-20-9-5-10-21-36)55(44)46(38-24-13-14-25-41(38)62-31-30-57)51(42)39-32-34(17-15-16-29-56)26-27-40(39)54(49(51)60)50(61)53-33(2)35-18-7-4-8-19-35/h3-14,18-27,32-33,42-46,56-57H,1,16,28-31H2,2H3,(H,52,58)(H,53,61). The van der Waals surface area contributed by atoms with Gasteiger partial charge in [-0.05, 0) is 53.4 Å². The maximum absolute atomic E-state index is 16.4. The lowest BCUT2D eigenvalue weighted by molar-refractivity contribution is -0.178. The summed E-state index contributed by atoms with van der Waals surface area (Å²) in [5, 5.41) is 25.6. The zero-order chi connectivity index (χ0) is 44.1. The summed E-state index contributed by atoms with van der Waals surface area (Å²) in [6.07, 6.45) is 0.767. The minimum absolute atomic E-state index is 0.00924. The number of rotatable bonds is 12. The van der Waals surface area contributed by atoms with Crippen LogP contribution >= 0.6 is 0 Å². The number of fused-ring (bicyclic) bond motifs is 3. The lowest BCUT2D eigenvalue weighted by Gasteiger charge is -2.46. The second kappa shape index (κ2) is 18.5. The molecule has 4 amide bonds. The van der Waals surface area contributed by atoms with Crippen molar-refractivity contribution in [3.63, 3.8) is 0 Å². The van der Waals surface area contributed by atoms with Crippen LogP contribution in [0, 0.1) is 17.8 Å². The fourth-order valence-electron chi connectivity index (χ4n) is 9.53. The number of ether oxygens (including phenoxy) is 2. The van der Waals surface area contributed by atoms with Crippen molar-refractivity contribution in [2.45, 2.75) is 49.0 Å². The van der Waals surface area contributed by atoms with Crippen molar-refractivity contribution in [2.24, 2.45) is 5.92 Å². The Morgan fingerprint density at radius 1 is 0.873 bits per heavy atom. The average Bonchev–Trinajstić information content (AvgIpc) is 3.77. The van der Waals surface area contributed by atoms with E-state index in [0.29, 0.717) is 22.4 Å². The van der Waals surface area contributed by atoms with Crippen LogP contribution in [-0.4, -0.2) is 71.3 Å². The highest BCUT2D eigenvalue weighted by Crippen LogP contribution is 2.66. The SMILES string of the molecule is C=CCNC(=O)C1C2C(=O)OC(c3ccccc3)C(c3ccccc3)N2C(c2ccccc2OCCO)C12C(=O)N(C(=O)NC(C)c1ccccc1)c1ccc(C#CCCO)cc12. The van der Waals surface area contributed by atoms with Gasteiger partial charge in [-0.3, -0.25) is 19.3 Å². The number of hydrogen-bond acceptors (Lipinski definition) is 9. The molecule has 5 aromatic carbocycles. The second-order valence-electron chi connectivity index (χ2n) is 15.6. The summed E-state index contributed by atoms with van der Waals surface area (Å²) in [4.78, 5) is 64.8. The van der Waals surface area contributed by atoms with Gasteiger partial charge in [0.15, 0.2) is 0 Å². The number of hydrogen-bond donors (Lipinski definition) is 4. The highest BCUT2D eigenvalue weighted by molar-refractivity contribution is 6.24. The first kappa shape index (κ1) is 42.6. The van der Waals surface area contributed by atoms with E-state index < -0.39 is 65.4 Å². The van der Waals surface area contributed by atoms with E-state index in [1.54, 1.807) is 42.5 Å². The minimum atomic E-state index is -2.04. The first-order chi connectivity index (χ1) is 30.8. The molecule has 5 aromatic rings. The van der Waals surface area contributed by atoms with Gasteiger partial charge in [-0.25, -0.2) is 9.69 Å². The van der Waals surface area contributed by atoms with Crippen LogP contribution in [0.5, 0.6) is 5.75 Å². The van der Waals surface area contributed by atoms with E-state index >= 15 is 14.4 Å². The number of urea groups is 1. The molecule has 12 nitrogen and oxygen atoms in total. The third-order valence-corrected chi connectivity index (χ3v) is 12.0. The largest absolute Gasteiger partial charge is 0.491 e. The summed E-state index contributed by atoms with van der Waals surface area (Å²) in [6.45, 7) is 5.05. The predicted molar refractivity (Wildman–Crippen MR) is 236 cm³/mol. The molecule has 2 saturated heterocycles. The second-order valence-corrected chi connectivity index (χ2v) is 15.6. The van der Waals surface area contributed by atoms with Gasteiger partial charge in [0.1, 0.15) is 29.9 Å². The minimum Gasteiger partial charge on any atom is -0.491 e. The van der Waals surface area contributed by atoms with Crippen molar-refractivity contribution in [2.75, 3.05) is 31.3 Å². The molecule has 320 valence electrons. The molecule has 0 saturated carbocycles. The Morgan fingerprint density at radius 2 is 1.54 bits per heavy atom. The van der Waals surface area contributed by atoms with Crippen LogP contribution < -0.4 is 20.3 Å². The molecule has 1 spiro atoms. The molecule has 0 bridgehead atoms. The number of nitrogens with one attached hydrogen (secondary N) is 2. The summed E-state index contributed by atoms with van der Waals surface area (Å²) in [5.74, 6) is 2.72. The van der Waals surface area contributed by atoms with E-state index in [4.69, 9.17) is 9.47 Å². The summed E-state index contributed by atoms with van der Waals surface area (Å²) in [5.41, 5.74) is 1.58. The van der Waals surface area contributed by atoms with Crippen molar-refractivity contribution in [1.82, 2.24) is 15.5 Å². The monoisotopic (exact) mass is 844 g/mol. The Hall–Kier alpha value is -7.04. The van der Waals surface area contributed by atoms with Gasteiger partial charge in [0, 0.05) is 24.1 Å². The number of cyclic esters (lactones) is 1. The van der Waals surface area contributed by atoms with Crippen LogP contribution in [0.3, 0.4) is 0 Å². The summed E-state index contributed by atoms with van der Waals surface area (Å²) in [7, 11) is 0. The van der Waals surface area contributed by atoms with Gasteiger partial charge in [-0.15, -0.1) is 6.58 Å². The van der Waals surface area contributed by atoms with Gasteiger partial charge >= 0.3 is 12.0 Å². The van der Waals surface area contributed by atoms with Crippen LogP contribution in [0.15, 0.2) is 146 Å². The van der Waals surface area contributed by atoms with E-state index in [9.17, 15) is 15.0 Å². The molecule has 63 heavy (non-hydrogen) atoms. The summed E-state index contributed by atoms with van der Waals surface area (Å²) >= 11 is 0. The first-order valence-corrected chi connectivity index (χ1v) is 21.0. The van der Waals surface area contributed by atoms with Crippen LogP contribution in [-0.2, 0) is 24.5 Å². The topological polar surface area (TPSA) is 158 Å². The van der Waals surface area contributed by atoms with Crippen molar-refractivity contribution in [3.05, 3.63) is 179 Å². The number of nitrogens with zero attached hydrogens (tertiary/aromatic N) is 2. The Morgan fingerprint density at radius 3 is 2.22 bits per heavy atom. The zero-order valence-corrected chi connectivity index (χ0v) is 34.7. The molecule has 4 N–H and O–H groups in total. The van der Waals surface area contributed by atoms with E-state index in [1.807, 2.05) is 103 Å².